The Hall–Kier alpha value is -3.32. The first-order valence-electron chi connectivity index (χ1n) is 9.21. The van der Waals surface area contributed by atoms with Gasteiger partial charge in [-0.05, 0) is 61.6 Å². The number of hydrogen-bond donors (Lipinski definition) is 1. The van der Waals surface area contributed by atoms with Crippen LogP contribution in [-0.4, -0.2) is 19.8 Å². The van der Waals surface area contributed by atoms with E-state index in [0.717, 1.165) is 33.8 Å². The standard InChI is InChI=1S/C22H20N4O2S/c1-13-5-4-6-16(9-13)19-20-21(29-25-19)22(28)26(12-23-20)11-18(27)24-17-8-7-14(2)15(3)10-17/h4-10,12H,11H2,1-3H3,(H,24,27). The number of rotatable bonds is 4. The van der Waals surface area contributed by atoms with E-state index in [-0.39, 0.29) is 18.0 Å². The van der Waals surface area contributed by atoms with E-state index in [1.807, 2.05) is 63.2 Å². The molecular formula is C22H20N4O2S. The summed E-state index contributed by atoms with van der Waals surface area (Å²) < 4.78 is 6.20. The summed E-state index contributed by atoms with van der Waals surface area (Å²) in [5.74, 6) is -0.278. The average molecular weight is 404 g/mol. The van der Waals surface area contributed by atoms with Gasteiger partial charge in [-0.15, -0.1) is 0 Å². The molecule has 7 heteroatoms. The highest BCUT2D eigenvalue weighted by atomic mass is 32.1. The van der Waals surface area contributed by atoms with Crippen LogP contribution in [0.4, 0.5) is 5.69 Å². The highest BCUT2D eigenvalue weighted by Gasteiger charge is 2.15. The first kappa shape index (κ1) is 19.0. The average Bonchev–Trinajstić information content (AvgIpc) is 3.12. The van der Waals surface area contributed by atoms with Crippen LogP contribution in [0.5, 0.6) is 0 Å². The summed E-state index contributed by atoms with van der Waals surface area (Å²) in [5.41, 5.74) is 5.99. The topological polar surface area (TPSA) is 76.9 Å². The van der Waals surface area contributed by atoms with E-state index in [0.29, 0.717) is 21.6 Å². The van der Waals surface area contributed by atoms with Gasteiger partial charge in [0.15, 0.2) is 0 Å². The highest BCUT2D eigenvalue weighted by molar-refractivity contribution is 7.13. The third-order valence-electron chi connectivity index (χ3n) is 4.85. The third-order valence-corrected chi connectivity index (χ3v) is 5.67. The summed E-state index contributed by atoms with van der Waals surface area (Å²) in [6, 6.07) is 13.6. The molecule has 4 aromatic rings. The summed E-state index contributed by atoms with van der Waals surface area (Å²) in [4.78, 5) is 29.7. The summed E-state index contributed by atoms with van der Waals surface area (Å²) in [6.45, 7) is 5.91. The Balaban J connectivity index is 1.60. The predicted molar refractivity (Wildman–Crippen MR) is 116 cm³/mol. The SMILES string of the molecule is Cc1cccc(-c2nsc3c(=O)n(CC(=O)Nc4ccc(C)c(C)c4)cnc23)c1. The number of hydrogen-bond acceptors (Lipinski definition) is 5. The lowest BCUT2D eigenvalue weighted by Gasteiger charge is -2.09. The molecule has 0 aliphatic carbocycles. The van der Waals surface area contributed by atoms with Crippen molar-refractivity contribution in [3.63, 3.8) is 0 Å². The second-order valence-corrected chi connectivity index (χ2v) is 7.88. The number of nitrogens with one attached hydrogen (secondary N) is 1. The largest absolute Gasteiger partial charge is 0.325 e. The third kappa shape index (κ3) is 3.82. The van der Waals surface area contributed by atoms with E-state index in [2.05, 4.69) is 14.7 Å². The molecule has 0 atom stereocenters. The van der Waals surface area contributed by atoms with Crippen molar-refractivity contribution in [3.8, 4) is 11.3 Å². The van der Waals surface area contributed by atoms with Gasteiger partial charge >= 0.3 is 0 Å². The summed E-state index contributed by atoms with van der Waals surface area (Å²) >= 11 is 1.11. The van der Waals surface area contributed by atoms with E-state index in [4.69, 9.17) is 0 Å². The van der Waals surface area contributed by atoms with E-state index in [1.165, 1.54) is 10.9 Å². The van der Waals surface area contributed by atoms with Crippen LogP contribution in [0.2, 0.25) is 0 Å². The normalized spacial score (nSPS) is 11.0. The van der Waals surface area contributed by atoms with Crippen molar-refractivity contribution in [2.24, 2.45) is 0 Å². The molecular weight excluding hydrogens is 384 g/mol. The van der Waals surface area contributed by atoms with Crippen LogP contribution in [0.3, 0.4) is 0 Å². The molecule has 1 N–H and O–H groups in total. The zero-order chi connectivity index (χ0) is 20.5. The molecule has 1 amide bonds. The Bertz CT molecular complexity index is 1290. The molecule has 2 aromatic carbocycles. The van der Waals surface area contributed by atoms with Crippen molar-refractivity contribution in [1.82, 2.24) is 13.9 Å². The molecule has 2 aromatic heterocycles. The number of amides is 1. The summed E-state index contributed by atoms with van der Waals surface area (Å²) in [6.07, 6.45) is 1.42. The number of aromatic nitrogens is 3. The number of nitrogens with zero attached hydrogens (tertiary/aromatic N) is 3. The molecule has 29 heavy (non-hydrogen) atoms. The first-order valence-corrected chi connectivity index (χ1v) is 9.98. The van der Waals surface area contributed by atoms with Crippen LogP contribution < -0.4 is 10.9 Å². The Kier molecular flexibility index (Phi) is 4.98. The molecule has 4 rings (SSSR count). The minimum atomic E-state index is -0.278. The predicted octanol–water partition coefficient (Wildman–Crippen LogP) is 4.08. The second-order valence-electron chi connectivity index (χ2n) is 7.10. The number of carbonyl (C=O) groups excluding carboxylic acids is 1. The molecule has 6 nitrogen and oxygen atoms in total. The molecule has 0 aliphatic rings. The molecule has 0 spiro atoms. The number of benzene rings is 2. The van der Waals surface area contributed by atoms with E-state index < -0.39 is 0 Å². The van der Waals surface area contributed by atoms with Crippen LogP contribution >= 0.6 is 11.5 Å². The molecule has 0 fully saturated rings. The molecule has 0 saturated heterocycles. The van der Waals surface area contributed by atoms with Crippen LogP contribution in [0.15, 0.2) is 53.6 Å². The van der Waals surface area contributed by atoms with Crippen molar-refractivity contribution in [2.75, 3.05) is 5.32 Å². The number of carbonyl (C=O) groups is 1. The van der Waals surface area contributed by atoms with Gasteiger partial charge in [0, 0.05) is 11.3 Å². The van der Waals surface area contributed by atoms with Crippen molar-refractivity contribution in [1.29, 1.82) is 0 Å². The lowest BCUT2D eigenvalue weighted by molar-refractivity contribution is -0.116. The van der Waals surface area contributed by atoms with Crippen LogP contribution in [0, 0.1) is 20.8 Å². The minimum absolute atomic E-state index is 0.105. The molecule has 0 unspecified atom stereocenters. The highest BCUT2D eigenvalue weighted by Crippen LogP contribution is 2.27. The molecule has 0 bridgehead atoms. The van der Waals surface area contributed by atoms with Gasteiger partial charge in [-0.25, -0.2) is 4.98 Å². The van der Waals surface area contributed by atoms with Gasteiger partial charge in [-0.1, -0.05) is 29.8 Å². The number of anilines is 1. The van der Waals surface area contributed by atoms with Crippen molar-refractivity contribution < 1.29 is 4.79 Å². The minimum Gasteiger partial charge on any atom is -0.325 e. The lowest BCUT2D eigenvalue weighted by atomic mass is 10.1. The van der Waals surface area contributed by atoms with Gasteiger partial charge in [0.1, 0.15) is 22.5 Å². The van der Waals surface area contributed by atoms with Gasteiger partial charge in [-0.2, -0.15) is 4.37 Å². The Labute approximate surface area is 172 Å². The molecule has 146 valence electrons. The maximum Gasteiger partial charge on any atom is 0.273 e. The molecule has 0 radical (unpaired) electrons. The fraction of sp³-hybridized carbons (Fsp3) is 0.182. The number of aryl methyl sites for hydroxylation is 3. The van der Waals surface area contributed by atoms with Crippen LogP contribution in [0.1, 0.15) is 16.7 Å². The zero-order valence-electron chi connectivity index (χ0n) is 16.4. The van der Waals surface area contributed by atoms with Gasteiger partial charge in [0.2, 0.25) is 5.91 Å². The van der Waals surface area contributed by atoms with Gasteiger partial charge in [-0.3, -0.25) is 14.2 Å². The van der Waals surface area contributed by atoms with E-state index in [1.54, 1.807) is 0 Å². The Morgan fingerprint density at radius 3 is 2.69 bits per heavy atom. The van der Waals surface area contributed by atoms with Gasteiger partial charge in [0.05, 0.1) is 6.33 Å². The molecule has 2 heterocycles. The Morgan fingerprint density at radius 1 is 1.10 bits per heavy atom. The summed E-state index contributed by atoms with van der Waals surface area (Å²) in [5, 5.41) is 2.83. The maximum absolute atomic E-state index is 12.8. The monoisotopic (exact) mass is 404 g/mol. The fourth-order valence-electron chi connectivity index (χ4n) is 3.12. The maximum atomic E-state index is 12.8. The Morgan fingerprint density at radius 2 is 1.93 bits per heavy atom. The van der Waals surface area contributed by atoms with Crippen molar-refractivity contribution in [2.45, 2.75) is 27.3 Å². The van der Waals surface area contributed by atoms with Gasteiger partial charge < -0.3 is 5.32 Å². The smallest absolute Gasteiger partial charge is 0.273 e. The van der Waals surface area contributed by atoms with Crippen LogP contribution in [-0.2, 0) is 11.3 Å². The van der Waals surface area contributed by atoms with E-state index in [9.17, 15) is 9.59 Å². The van der Waals surface area contributed by atoms with Crippen LogP contribution in [0.25, 0.3) is 21.5 Å². The molecule has 0 saturated carbocycles. The molecule has 0 aliphatic heterocycles. The van der Waals surface area contributed by atoms with Crippen molar-refractivity contribution in [3.05, 3.63) is 75.8 Å². The zero-order valence-corrected chi connectivity index (χ0v) is 17.2. The van der Waals surface area contributed by atoms with Gasteiger partial charge in [0.25, 0.3) is 5.56 Å². The number of fused-ring (bicyclic) bond motifs is 1. The summed E-state index contributed by atoms with van der Waals surface area (Å²) in [7, 11) is 0. The van der Waals surface area contributed by atoms with E-state index >= 15 is 0 Å². The fourth-order valence-corrected chi connectivity index (χ4v) is 3.93. The van der Waals surface area contributed by atoms with Crippen molar-refractivity contribution >= 4 is 33.3 Å². The lowest BCUT2D eigenvalue weighted by Crippen LogP contribution is -2.27. The first-order chi connectivity index (χ1) is 13.9. The quantitative estimate of drug-likeness (QED) is 0.556. The second kappa shape index (κ2) is 7.60.